The van der Waals surface area contributed by atoms with Crippen LogP contribution in [0.2, 0.25) is 0 Å². The molecule has 0 aliphatic carbocycles. The second kappa shape index (κ2) is 13.2. The first kappa shape index (κ1) is 29.0. The van der Waals surface area contributed by atoms with E-state index in [1.807, 2.05) is 45.0 Å². The Morgan fingerprint density at radius 2 is 1.46 bits per heavy atom. The average molecular weight is 511 g/mol. The Morgan fingerprint density at radius 3 is 2.03 bits per heavy atom. The molecular formula is C27H34N4O6. The van der Waals surface area contributed by atoms with Crippen molar-refractivity contribution in [3.63, 3.8) is 0 Å². The number of nitrogens with zero attached hydrogens (tertiary/aromatic N) is 4. The number of carbonyl (C=O) groups is 2. The number of carbonyl (C=O) groups excluding carboxylic acids is 2. The molecule has 0 heterocycles. The summed E-state index contributed by atoms with van der Waals surface area (Å²) in [5.74, 6) is -0.634. The SMILES string of the molecule is CON=C(C(C)=NOCc1ccccc1C(=NOC)C(=O)OC)c1ccc(N(C)C(=O)C(C)(C)C)cc1. The molecule has 0 spiro atoms. The minimum atomic E-state index is -0.637. The lowest BCUT2D eigenvalue weighted by Gasteiger charge is -2.26. The summed E-state index contributed by atoms with van der Waals surface area (Å²) in [5, 5.41) is 12.1. The molecule has 0 unspecified atom stereocenters. The molecule has 0 saturated carbocycles. The molecular weight excluding hydrogens is 476 g/mol. The highest BCUT2D eigenvalue weighted by molar-refractivity contribution is 6.47. The summed E-state index contributed by atoms with van der Waals surface area (Å²) in [5.41, 5.74) is 3.08. The third kappa shape index (κ3) is 7.63. The van der Waals surface area contributed by atoms with Crippen LogP contribution in [0.5, 0.6) is 0 Å². The van der Waals surface area contributed by atoms with Gasteiger partial charge in [0.05, 0.1) is 7.11 Å². The number of methoxy groups -OCH3 is 1. The van der Waals surface area contributed by atoms with E-state index < -0.39 is 11.4 Å². The maximum atomic E-state index is 12.6. The zero-order chi connectivity index (χ0) is 27.6. The Labute approximate surface area is 217 Å². The lowest BCUT2D eigenvalue weighted by molar-refractivity contribution is -0.132. The van der Waals surface area contributed by atoms with Gasteiger partial charge in [-0.25, -0.2) is 4.79 Å². The van der Waals surface area contributed by atoms with E-state index in [0.717, 1.165) is 11.3 Å². The van der Waals surface area contributed by atoms with Crippen LogP contribution in [-0.2, 0) is 35.4 Å². The second-order valence-electron chi connectivity index (χ2n) is 9.00. The fraction of sp³-hybridized carbons (Fsp3) is 0.370. The van der Waals surface area contributed by atoms with E-state index in [0.29, 0.717) is 22.6 Å². The van der Waals surface area contributed by atoms with Crippen molar-refractivity contribution in [2.45, 2.75) is 34.3 Å². The van der Waals surface area contributed by atoms with Crippen LogP contribution in [0.1, 0.15) is 44.4 Å². The zero-order valence-electron chi connectivity index (χ0n) is 22.6. The number of esters is 1. The first-order valence-corrected chi connectivity index (χ1v) is 11.5. The van der Waals surface area contributed by atoms with Gasteiger partial charge in [0.25, 0.3) is 0 Å². The van der Waals surface area contributed by atoms with Crippen LogP contribution in [0.4, 0.5) is 5.69 Å². The molecule has 1 amide bonds. The number of hydrogen-bond donors (Lipinski definition) is 0. The first-order valence-electron chi connectivity index (χ1n) is 11.5. The van der Waals surface area contributed by atoms with Crippen LogP contribution in [0.3, 0.4) is 0 Å². The lowest BCUT2D eigenvalue weighted by atomic mass is 9.94. The monoisotopic (exact) mass is 510 g/mol. The van der Waals surface area contributed by atoms with Gasteiger partial charge in [0.2, 0.25) is 5.91 Å². The van der Waals surface area contributed by atoms with Crippen molar-refractivity contribution in [1.29, 1.82) is 0 Å². The Morgan fingerprint density at radius 1 is 0.865 bits per heavy atom. The first-order chi connectivity index (χ1) is 17.5. The summed E-state index contributed by atoms with van der Waals surface area (Å²) >= 11 is 0. The Kier molecular flexibility index (Phi) is 10.4. The summed E-state index contributed by atoms with van der Waals surface area (Å²) in [7, 11) is 5.80. The van der Waals surface area contributed by atoms with Crippen LogP contribution in [0.15, 0.2) is 64.0 Å². The predicted octanol–water partition coefficient (Wildman–Crippen LogP) is 4.16. The van der Waals surface area contributed by atoms with E-state index in [9.17, 15) is 9.59 Å². The summed E-state index contributed by atoms with van der Waals surface area (Å²) in [6.07, 6.45) is 0. The number of oxime groups is 3. The Bertz CT molecular complexity index is 1180. The molecule has 2 aromatic rings. The van der Waals surface area contributed by atoms with Crippen LogP contribution in [0, 0.1) is 5.41 Å². The molecule has 10 nitrogen and oxygen atoms in total. The number of anilines is 1. The number of rotatable bonds is 10. The number of benzene rings is 2. The highest BCUT2D eigenvalue weighted by Crippen LogP contribution is 2.23. The standard InChI is InChI=1S/C27H34N4O6/c1-18(28-37-17-20-11-9-10-12-22(20)24(30-36-8)25(32)34-6)23(29-35-7)19-13-15-21(16-14-19)31(5)26(33)27(2,3)4/h9-16H,17H2,1-8H3. The molecule has 37 heavy (non-hydrogen) atoms. The van der Waals surface area contributed by atoms with E-state index in [1.54, 1.807) is 43.1 Å². The van der Waals surface area contributed by atoms with Crippen molar-refractivity contribution >= 4 is 34.7 Å². The van der Waals surface area contributed by atoms with E-state index in [2.05, 4.69) is 15.5 Å². The fourth-order valence-corrected chi connectivity index (χ4v) is 3.39. The van der Waals surface area contributed by atoms with Gasteiger partial charge in [-0.1, -0.05) is 72.6 Å². The van der Waals surface area contributed by atoms with E-state index in [-0.39, 0.29) is 18.2 Å². The molecule has 0 atom stereocenters. The van der Waals surface area contributed by atoms with Crippen LogP contribution >= 0.6 is 0 Å². The summed E-state index contributed by atoms with van der Waals surface area (Å²) < 4.78 is 4.81. The molecule has 10 heteroatoms. The van der Waals surface area contributed by atoms with Crippen molar-refractivity contribution in [3.8, 4) is 0 Å². The van der Waals surface area contributed by atoms with Gasteiger partial charge in [-0.05, 0) is 19.1 Å². The lowest BCUT2D eigenvalue weighted by Crippen LogP contribution is -2.36. The molecule has 0 radical (unpaired) electrons. The van der Waals surface area contributed by atoms with E-state index in [4.69, 9.17) is 19.2 Å². The van der Waals surface area contributed by atoms with Crippen molar-refractivity contribution in [2.24, 2.45) is 20.9 Å². The molecule has 0 aliphatic rings. The van der Waals surface area contributed by atoms with E-state index in [1.165, 1.54) is 21.3 Å². The van der Waals surface area contributed by atoms with E-state index >= 15 is 0 Å². The van der Waals surface area contributed by atoms with Crippen molar-refractivity contribution in [3.05, 3.63) is 65.2 Å². The van der Waals surface area contributed by atoms with Gasteiger partial charge in [-0.2, -0.15) is 0 Å². The van der Waals surface area contributed by atoms with Gasteiger partial charge in [-0.3, -0.25) is 4.79 Å². The highest BCUT2D eigenvalue weighted by atomic mass is 16.6. The van der Waals surface area contributed by atoms with Gasteiger partial charge in [-0.15, -0.1) is 0 Å². The van der Waals surface area contributed by atoms with Gasteiger partial charge < -0.3 is 24.1 Å². The number of ether oxygens (including phenoxy) is 1. The van der Waals surface area contributed by atoms with Crippen LogP contribution in [0.25, 0.3) is 0 Å². The molecule has 0 N–H and O–H groups in total. The zero-order valence-corrected chi connectivity index (χ0v) is 22.6. The molecule has 198 valence electrons. The van der Waals surface area contributed by atoms with Crippen molar-refractivity contribution in [1.82, 2.24) is 0 Å². The second-order valence-corrected chi connectivity index (χ2v) is 9.00. The third-order valence-electron chi connectivity index (χ3n) is 5.25. The molecule has 0 fully saturated rings. The predicted molar refractivity (Wildman–Crippen MR) is 143 cm³/mol. The minimum Gasteiger partial charge on any atom is -0.464 e. The Balaban J connectivity index is 2.24. The third-order valence-corrected chi connectivity index (χ3v) is 5.25. The number of amides is 1. The molecule has 2 aromatic carbocycles. The molecule has 0 aromatic heterocycles. The molecule has 0 aliphatic heterocycles. The van der Waals surface area contributed by atoms with Gasteiger partial charge in [0, 0.05) is 34.8 Å². The molecule has 0 saturated heterocycles. The van der Waals surface area contributed by atoms with Gasteiger partial charge in [0.15, 0.2) is 5.71 Å². The largest absolute Gasteiger partial charge is 0.464 e. The van der Waals surface area contributed by atoms with Gasteiger partial charge in [0.1, 0.15) is 32.2 Å². The summed E-state index contributed by atoms with van der Waals surface area (Å²) in [6.45, 7) is 7.42. The smallest absolute Gasteiger partial charge is 0.360 e. The fourth-order valence-electron chi connectivity index (χ4n) is 3.39. The van der Waals surface area contributed by atoms with Crippen LogP contribution < -0.4 is 4.90 Å². The molecule has 0 bridgehead atoms. The Hall–Kier alpha value is -4.21. The summed E-state index contributed by atoms with van der Waals surface area (Å²) in [4.78, 5) is 41.8. The minimum absolute atomic E-state index is 0.00311. The van der Waals surface area contributed by atoms with Gasteiger partial charge >= 0.3 is 5.97 Å². The van der Waals surface area contributed by atoms with Crippen LogP contribution in [-0.4, -0.2) is 57.4 Å². The maximum Gasteiger partial charge on any atom is 0.360 e. The average Bonchev–Trinajstić information content (AvgIpc) is 2.89. The number of hydrogen-bond acceptors (Lipinski definition) is 9. The van der Waals surface area contributed by atoms with Crippen molar-refractivity contribution < 1.29 is 28.8 Å². The maximum absolute atomic E-state index is 12.6. The summed E-state index contributed by atoms with van der Waals surface area (Å²) in [6, 6.07) is 14.4. The quantitative estimate of drug-likeness (QED) is 0.270. The molecule has 2 rings (SSSR count). The highest BCUT2D eigenvalue weighted by Gasteiger charge is 2.26. The van der Waals surface area contributed by atoms with Crippen molar-refractivity contribution in [2.75, 3.05) is 33.3 Å². The topological polar surface area (TPSA) is 111 Å². The normalized spacial score (nSPS) is 12.6.